The zero-order valence-electron chi connectivity index (χ0n) is 22.3. The number of rotatable bonds is 9. The Kier molecular flexibility index (Phi) is 11.5. The lowest BCUT2D eigenvalue weighted by molar-refractivity contribution is -0.215. The number of hydrogen-bond donors (Lipinski definition) is 1. The first-order chi connectivity index (χ1) is 14.3. The van der Waals surface area contributed by atoms with Gasteiger partial charge in [-0.05, 0) is 77.3 Å². The Morgan fingerprint density at radius 1 is 1.03 bits per heavy atom. The number of likely N-dealkylation sites (N-methyl/N-ethyl adjacent to an activating group) is 1. The van der Waals surface area contributed by atoms with Gasteiger partial charge in [0, 0.05) is 13.2 Å². The molecule has 4 atom stereocenters. The summed E-state index contributed by atoms with van der Waals surface area (Å²) in [7, 11) is 0. The van der Waals surface area contributed by atoms with Crippen LogP contribution < -0.4 is 0 Å². The van der Waals surface area contributed by atoms with Gasteiger partial charge < -0.3 is 24.2 Å². The molecule has 186 valence electrons. The van der Waals surface area contributed by atoms with Crippen molar-refractivity contribution in [2.75, 3.05) is 39.5 Å². The molecule has 1 spiro atoms. The quantitative estimate of drug-likeness (QED) is 0.500. The van der Waals surface area contributed by atoms with E-state index in [1.165, 1.54) is 0 Å². The molecule has 31 heavy (non-hydrogen) atoms. The Bertz CT molecular complexity index is 487. The molecule has 4 unspecified atom stereocenters. The van der Waals surface area contributed by atoms with Gasteiger partial charge in [0.1, 0.15) is 6.10 Å². The summed E-state index contributed by atoms with van der Waals surface area (Å²) in [5.74, 6) is 0.729. The van der Waals surface area contributed by atoms with Crippen LogP contribution in [-0.4, -0.2) is 72.9 Å². The molecule has 1 heterocycles. The lowest BCUT2D eigenvalue weighted by atomic mass is 9.71. The van der Waals surface area contributed by atoms with Crippen molar-refractivity contribution in [2.24, 2.45) is 17.3 Å². The first kappa shape index (κ1) is 28.8. The van der Waals surface area contributed by atoms with Gasteiger partial charge in [-0.25, -0.2) is 0 Å². The van der Waals surface area contributed by atoms with Crippen molar-refractivity contribution in [3.63, 3.8) is 0 Å². The van der Waals surface area contributed by atoms with Crippen LogP contribution in [0, 0.1) is 17.3 Å². The van der Waals surface area contributed by atoms with Crippen molar-refractivity contribution >= 4 is 0 Å². The van der Waals surface area contributed by atoms with Crippen molar-refractivity contribution in [1.29, 1.82) is 0 Å². The van der Waals surface area contributed by atoms with E-state index >= 15 is 0 Å². The van der Waals surface area contributed by atoms with Gasteiger partial charge in [-0.1, -0.05) is 41.5 Å². The van der Waals surface area contributed by atoms with Crippen molar-refractivity contribution in [1.82, 2.24) is 4.90 Å². The molecule has 1 N–H and O–H groups in total. The van der Waals surface area contributed by atoms with Gasteiger partial charge in [0.05, 0.1) is 30.5 Å². The van der Waals surface area contributed by atoms with Gasteiger partial charge in [-0.3, -0.25) is 0 Å². The van der Waals surface area contributed by atoms with Crippen LogP contribution in [0.1, 0.15) is 88.5 Å². The number of ether oxygens (including phenoxy) is 3. The molecule has 0 aromatic rings. The minimum absolute atomic E-state index is 0.0117. The highest BCUT2D eigenvalue weighted by molar-refractivity contribution is 5.09. The maximum absolute atomic E-state index is 10.7. The first-order valence-corrected chi connectivity index (χ1v) is 12.6. The second-order valence-electron chi connectivity index (χ2n) is 11.6. The second kappa shape index (κ2) is 12.3. The molecule has 1 saturated heterocycles. The Morgan fingerprint density at radius 3 is 2.03 bits per heavy atom. The average molecular weight is 444 g/mol. The molecule has 2 aliphatic rings. The minimum Gasteiger partial charge on any atom is -0.390 e. The van der Waals surface area contributed by atoms with Crippen LogP contribution in [0.2, 0.25) is 0 Å². The summed E-state index contributed by atoms with van der Waals surface area (Å²) in [5, 5.41) is 10.7. The van der Waals surface area contributed by atoms with E-state index in [0.717, 1.165) is 52.1 Å². The zero-order valence-corrected chi connectivity index (χ0v) is 22.3. The van der Waals surface area contributed by atoms with Gasteiger partial charge in [0.2, 0.25) is 0 Å². The fourth-order valence-electron chi connectivity index (χ4n) is 4.50. The largest absolute Gasteiger partial charge is 0.390 e. The molecule has 0 bridgehead atoms. The summed E-state index contributed by atoms with van der Waals surface area (Å²) in [6, 6.07) is 0. The maximum atomic E-state index is 10.7. The van der Waals surface area contributed by atoms with E-state index in [4.69, 9.17) is 14.2 Å². The van der Waals surface area contributed by atoms with Crippen molar-refractivity contribution in [2.45, 2.75) is 112 Å². The van der Waals surface area contributed by atoms with Gasteiger partial charge in [-0.15, -0.1) is 0 Å². The van der Waals surface area contributed by atoms with E-state index in [2.05, 4.69) is 46.4 Å². The number of nitrogens with zero attached hydrogens (tertiary/aromatic N) is 1. The maximum Gasteiger partial charge on any atom is 0.108 e. The van der Waals surface area contributed by atoms with Crippen LogP contribution in [0.4, 0.5) is 0 Å². The van der Waals surface area contributed by atoms with Crippen LogP contribution in [-0.2, 0) is 14.2 Å². The van der Waals surface area contributed by atoms with Crippen molar-refractivity contribution in [3.05, 3.63) is 0 Å². The van der Waals surface area contributed by atoms with E-state index in [1.54, 1.807) is 0 Å². The lowest BCUT2D eigenvalue weighted by Gasteiger charge is -2.47. The Labute approximate surface area is 193 Å². The fraction of sp³-hybridized carbons (Fsp3) is 1.00. The van der Waals surface area contributed by atoms with Gasteiger partial charge in [-0.2, -0.15) is 0 Å². The standard InChI is InChI=1S/C18H34O3.C8H19NO/c1-12-13(10-16(2,3)4)18(8-9-18)21-14(15(12)19)11-20-17(5,6)7;1-4-9(5-2)7-8-10-6-3/h12-15,19H,8-11H2,1-7H3;4-8H2,1-3H3. The molecule has 1 aliphatic heterocycles. The molecule has 0 aromatic heterocycles. The topological polar surface area (TPSA) is 51.2 Å². The molecule has 2 rings (SSSR count). The predicted octanol–water partition coefficient (Wildman–Crippen LogP) is 5.15. The van der Waals surface area contributed by atoms with E-state index in [-0.39, 0.29) is 28.6 Å². The molecule has 0 amide bonds. The van der Waals surface area contributed by atoms with Gasteiger partial charge in [0.25, 0.3) is 0 Å². The average Bonchev–Trinajstić information content (AvgIpc) is 3.44. The third-order valence-corrected chi connectivity index (χ3v) is 6.52. The van der Waals surface area contributed by atoms with Crippen LogP contribution in [0.15, 0.2) is 0 Å². The third kappa shape index (κ3) is 10.1. The normalized spacial score (nSPS) is 27.9. The molecular weight excluding hydrogens is 390 g/mol. The number of hydrogen-bond acceptors (Lipinski definition) is 5. The zero-order chi connectivity index (χ0) is 23.9. The molecule has 2 fully saturated rings. The Hall–Kier alpha value is -0.200. The Morgan fingerprint density at radius 2 is 1.61 bits per heavy atom. The molecule has 1 aliphatic carbocycles. The van der Waals surface area contributed by atoms with Crippen LogP contribution in [0.3, 0.4) is 0 Å². The summed E-state index contributed by atoms with van der Waals surface area (Å²) < 4.78 is 17.4. The fourth-order valence-corrected chi connectivity index (χ4v) is 4.50. The van der Waals surface area contributed by atoms with E-state index in [0.29, 0.717) is 12.5 Å². The first-order valence-electron chi connectivity index (χ1n) is 12.6. The lowest BCUT2D eigenvalue weighted by Crippen LogP contribution is -2.54. The highest BCUT2D eigenvalue weighted by Crippen LogP contribution is 2.56. The highest BCUT2D eigenvalue weighted by atomic mass is 16.6. The molecular formula is C26H53NO4. The van der Waals surface area contributed by atoms with Gasteiger partial charge >= 0.3 is 0 Å². The summed E-state index contributed by atoms with van der Waals surface area (Å²) in [6.45, 7) is 27.0. The number of aliphatic hydroxyl groups is 1. The van der Waals surface area contributed by atoms with Crippen molar-refractivity contribution in [3.8, 4) is 0 Å². The smallest absolute Gasteiger partial charge is 0.108 e. The monoisotopic (exact) mass is 443 g/mol. The SMILES string of the molecule is CC1C(O)C(COC(C)(C)C)OC2(CC2)C1CC(C)(C)C.CCOCCN(CC)CC. The van der Waals surface area contributed by atoms with Crippen LogP contribution >= 0.6 is 0 Å². The van der Waals surface area contributed by atoms with E-state index < -0.39 is 6.10 Å². The molecule has 0 radical (unpaired) electrons. The van der Waals surface area contributed by atoms with Crippen LogP contribution in [0.5, 0.6) is 0 Å². The molecule has 5 heteroatoms. The van der Waals surface area contributed by atoms with E-state index in [1.807, 2.05) is 27.7 Å². The van der Waals surface area contributed by atoms with Gasteiger partial charge in [0.15, 0.2) is 0 Å². The van der Waals surface area contributed by atoms with E-state index in [9.17, 15) is 5.11 Å². The third-order valence-electron chi connectivity index (χ3n) is 6.52. The predicted molar refractivity (Wildman–Crippen MR) is 130 cm³/mol. The molecule has 0 aromatic carbocycles. The number of aliphatic hydroxyl groups excluding tert-OH is 1. The Balaban J connectivity index is 0.000000407. The minimum atomic E-state index is -0.425. The summed E-state index contributed by atoms with van der Waals surface area (Å²) in [6.07, 6.45) is 2.77. The summed E-state index contributed by atoms with van der Waals surface area (Å²) in [5.41, 5.74) is 0.0927. The molecule has 5 nitrogen and oxygen atoms in total. The van der Waals surface area contributed by atoms with Crippen LogP contribution in [0.25, 0.3) is 0 Å². The summed E-state index contributed by atoms with van der Waals surface area (Å²) in [4.78, 5) is 2.36. The highest BCUT2D eigenvalue weighted by Gasteiger charge is 2.59. The second-order valence-corrected chi connectivity index (χ2v) is 11.6. The molecule has 1 saturated carbocycles. The van der Waals surface area contributed by atoms with Crippen molar-refractivity contribution < 1.29 is 19.3 Å². The summed E-state index contributed by atoms with van der Waals surface area (Å²) >= 11 is 0.